The lowest BCUT2D eigenvalue weighted by Gasteiger charge is -2.23. The first-order chi connectivity index (χ1) is 8.09. The van der Waals surface area contributed by atoms with Crippen molar-refractivity contribution in [2.24, 2.45) is 11.7 Å². The van der Waals surface area contributed by atoms with Crippen LogP contribution in [-0.2, 0) is 14.3 Å². The van der Waals surface area contributed by atoms with Crippen LogP contribution in [0.3, 0.4) is 0 Å². The Balaban J connectivity index is 2.00. The summed E-state index contributed by atoms with van der Waals surface area (Å²) in [5, 5.41) is 2.86. The van der Waals surface area contributed by atoms with Crippen LogP contribution in [0.5, 0.6) is 0 Å². The molecule has 1 aliphatic carbocycles. The first kappa shape index (κ1) is 14.4. The van der Waals surface area contributed by atoms with Crippen LogP contribution in [0, 0.1) is 5.92 Å². The van der Waals surface area contributed by atoms with E-state index in [1.807, 2.05) is 6.92 Å². The summed E-state index contributed by atoms with van der Waals surface area (Å²) in [6.45, 7) is 4.27. The van der Waals surface area contributed by atoms with Gasteiger partial charge in [-0.2, -0.15) is 0 Å². The third-order valence-corrected chi connectivity index (χ3v) is 3.10. The van der Waals surface area contributed by atoms with E-state index in [-0.39, 0.29) is 5.91 Å². The molecule has 5 nitrogen and oxygen atoms in total. The number of ether oxygens (including phenoxy) is 2. The molecule has 0 aromatic rings. The lowest BCUT2D eigenvalue weighted by molar-refractivity contribution is -0.126. The molecule has 0 saturated heterocycles. The summed E-state index contributed by atoms with van der Waals surface area (Å²) in [6.07, 6.45) is 2.94. The second-order valence-corrected chi connectivity index (χ2v) is 4.77. The van der Waals surface area contributed by atoms with E-state index in [0.29, 0.717) is 32.3 Å². The molecule has 1 atom stereocenters. The lowest BCUT2D eigenvalue weighted by atomic mass is 9.96. The van der Waals surface area contributed by atoms with E-state index in [1.165, 1.54) is 0 Å². The molecule has 5 heteroatoms. The van der Waals surface area contributed by atoms with Gasteiger partial charge >= 0.3 is 0 Å². The van der Waals surface area contributed by atoms with Crippen molar-refractivity contribution in [1.29, 1.82) is 0 Å². The Labute approximate surface area is 103 Å². The Morgan fingerprint density at radius 2 is 2.12 bits per heavy atom. The van der Waals surface area contributed by atoms with E-state index in [0.717, 1.165) is 19.3 Å². The summed E-state index contributed by atoms with van der Waals surface area (Å²) in [5.41, 5.74) is 5.29. The molecule has 0 aromatic heterocycles. The highest BCUT2D eigenvalue weighted by atomic mass is 16.5. The summed E-state index contributed by atoms with van der Waals surface area (Å²) in [7, 11) is 1.64. The normalized spacial score (nSPS) is 18.8. The van der Waals surface area contributed by atoms with Crippen molar-refractivity contribution >= 4 is 5.91 Å². The molecule has 0 spiro atoms. The van der Waals surface area contributed by atoms with Crippen molar-refractivity contribution in [3.63, 3.8) is 0 Å². The summed E-state index contributed by atoms with van der Waals surface area (Å²) < 4.78 is 10.1. The standard InChI is InChI=1S/C12H24N2O3/c1-12(13,10-4-5-10)11(15)14-6-3-7-17-9-8-16-2/h10H,3-9,13H2,1-2H3,(H,14,15). The van der Waals surface area contributed by atoms with Crippen LogP contribution in [0.15, 0.2) is 0 Å². The topological polar surface area (TPSA) is 73.6 Å². The molecule has 1 aliphatic rings. The van der Waals surface area contributed by atoms with E-state index in [1.54, 1.807) is 7.11 Å². The fourth-order valence-electron chi connectivity index (χ4n) is 1.68. The quantitative estimate of drug-likeness (QED) is 0.571. The van der Waals surface area contributed by atoms with Crippen molar-refractivity contribution in [2.75, 3.05) is 33.5 Å². The summed E-state index contributed by atoms with van der Waals surface area (Å²) >= 11 is 0. The van der Waals surface area contributed by atoms with Crippen LogP contribution in [0.25, 0.3) is 0 Å². The Hall–Kier alpha value is -0.650. The van der Waals surface area contributed by atoms with Crippen LogP contribution in [0.4, 0.5) is 0 Å². The minimum atomic E-state index is -0.698. The Bertz CT molecular complexity index is 240. The Morgan fingerprint density at radius 3 is 2.71 bits per heavy atom. The van der Waals surface area contributed by atoms with Crippen molar-refractivity contribution < 1.29 is 14.3 Å². The number of nitrogens with two attached hydrogens (primary N) is 1. The first-order valence-electron chi connectivity index (χ1n) is 6.23. The van der Waals surface area contributed by atoms with Crippen molar-refractivity contribution in [1.82, 2.24) is 5.32 Å². The second-order valence-electron chi connectivity index (χ2n) is 4.77. The average Bonchev–Trinajstić information content (AvgIpc) is 3.11. The van der Waals surface area contributed by atoms with Crippen molar-refractivity contribution in [2.45, 2.75) is 31.7 Å². The molecule has 1 fully saturated rings. The minimum absolute atomic E-state index is 0.0445. The third kappa shape index (κ3) is 5.02. The number of amides is 1. The summed E-state index contributed by atoms with van der Waals surface area (Å²) in [6, 6.07) is 0. The largest absolute Gasteiger partial charge is 0.382 e. The number of methoxy groups -OCH3 is 1. The number of carbonyl (C=O) groups is 1. The van der Waals surface area contributed by atoms with Crippen LogP contribution >= 0.6 is 0 Å². The summed E-state index contributed by atoms with van der Waals surface area (Å²) in [4.78, 5) is 11.8. The van der Waals surface area contributed by atoms with E-state index in [4.69, 9.17) is 15.2 Å². The highest BCUT2D eigenvalue weighted by Gasteiger charge is 2.43. The van der Waals surface area contributed by atoms with E-state index in [9.17, 15) is 4.79 Å². The zero-order valence-corrected chi connectivity index (χ0v) is 10.8. The molecule has 0 aliphatic heterocycles. The molecule has 0 bridgehead atoms. The number of carbonyl (C=O) groups excluding carboxylic acids is 1. The molecule has 1 rings (SSSR count). The van der Waals surface area contributed by atoms with Gasteiger partial charge in [-0.25, -0.2) is 0 Å². The van der Waals surface area contributed by atoms with Gasteiger partial charge in [-0.15, -0.1) is 0 Å². The molecule has 17 heavy (non-hydrogen) atoms. The predicted octanol–water partition coefficient (Wildman–Crippen LogP) is 0.283. The molecular weight excluding hydrogens is 220 g/mol. The third-order valence-electron chi connectivity index (χ3n) is 3.10. The maximum absolute atomic E-state index is 11.8. The predicted molar refractivity (Wildman–Crippen MR) is 65.6 cm³/mol. The lowest BCUT2D eigenvalue weighted by Crippen LogP contribution is -2.53. The molecule has 1 saturated carbocycles. The maximum Gasteiger partial charge on any atom is 0.240 e. The molecule has 0 radical (unpaired) electrons. The van der Waals surface area contributed by atoms with Gasteiger partial charge in [-0.05, 0) is 32.1 Å². The average molecular weight is 244 g/mol. The number of hydrogen-bond acceptors (Lipinski definition) is 4. The SMILES string of the molecule is COCCOCCCNC(=O)C(C)(N)C1CC1. The number of rotatable bonds is 9. The molecule has 1 amide bonds. The van der Waals surface area contributed by atoms with E-state index >= 15 is 0 Å². The molecule has 0 heterocycles. The van der Waals surface area contributed by atoms with Crippen LogP contribution in [0.2, 0.25) is 0 Å². The van der Waals surface area contributed by atoms with Gasteiger partial charge in [0.25, 0.3) is 0 Å². The number of hydrogen-bond donors (Lipinski definition) is 2. The fraction of sp³-hybridized carbons (Fsp3) is 0.917. The van der Waals surface area contributed by atoms with Gasteiger partial charge in [-0.3, -0.25) is 4.79 Å². The van der Waals surface area contributed by atoms with Gasteiger partial charge in [0.1, 0.15) is 0 Å². The zero-order chi connectivity index (χ0) is 12.7. The van der Waals surface area contributed by atoms with Crippen LogP contribution < -0.4 is 11.1 Å². The second kappa shape index (κ2) is 6.93. The molecule has 1 unspecified atom stereocenters. The highest BCUT2D eigenvalue weighted by molar-refractivity contribution is 5.86. The van der Waals surface area contributed by atoms with E-state index < -0.39 is 5.54 Å². The molecule has 0 aromatic carbocycles. The highest BCUT2D eigenvalue weighted by Crippen LogP contribution is 2.37. The van der Waals surface area contributed by atoms with Gasteiger partial charge in [-0.1, -0.05) is 0 Å². The van der Waals surface area contributed by atoms with E-state index in [2.05, 4.69) is 5.32 Å². The van der Waals surface area contributed by atoms with Gasteiger partial charge < -0.3 is 20.5 Å². The molecular formula is C12H24N2O3. The maximum atomic E-state index is 11.8. The van der Waals surface area contributed by atoms with Crippen molar-refractivity contribution in [3.8, 4) is 0 Å². The minimum Gasteiger partial charge on any atom is -0.382 e. The summed E-state index contributed by atoms with van der Waals surface area (Å²) in [5.74, 6) is 0.317. The Kier molecular flexibility index (Phi) is 5.88. The van der Waals surface area contributed by atoms with Gasteiger partial charge in [0.15, 0.2) is 0 Å². The molecule has 100 valence electrons. The monoisotopic (exact) mass is 244 g/mol. The van der Waals surface area contributed by atoms with Gasteiger partial charge in [0.2, 0.25) is 5.91 Å². The number of nitrogens with one attached hydrogen (secondary N) is 1. The van der Waals surface area contributed by atoms with Crippen LogP contribution in [-0.4, -0.2) is 44.9 Å². The van der Waals surface area contributed by atoms with Crippen LogP contribution in [0.1, 0.15) is 26.2 Å². The van der Waals surface area contributed by atoms with Gasteiger partial charge in [0.05, 0.1) is 18.8 Å². The van der Waals surface area contributed by atoms with Gasteiger partial charge in [0, 0.05) is 20.3 Å². The first-order valence-corrected chi connectivity index (χ1v) is 6.23. The van der Waals surface area contributed by atoms with Crippen molar-refractivity contribution in [3.05, 3.63) is 0 Å². The fourth-order valence-corrected chi connectivity index (χ4v) is 1.68. The Morgan fingerprint density at radius 1 is 1.41 bits per heavy atom. The zero-order valence-electron chi connectivity index (χ0n) is 10.8. The molecule has 3 N–H and O–H groups in total. The smallest absolute Gasteiger partial charge is 0.240 e.